The molecule has 2 aromatic rings. The first kappa shape index (κ1) is 25.9. The second-order valence-electron chi connectivity index (χ2n) is 6.82. The molecule has 0 saturated carbocycles. The molecule has 2 aromatic carbocycles. The number of aryl methyl sites for hydroxylation is 1. The minimum Gasteiger partial charge on any atom is -0.477 e. The zero-order valence-electron chi connectivity index (χ0n) is 17.4. The van der Waals surface area contributed by atoms with Gasteiger partial charge in [-0.15, -0.1) is 0 Å². The molecular formula is C21H20F2O9S. The van der Waals surface area contributed by atoms with Crippen molar-refractivity contribution in [2.75, 3.05) is 6.61 Å². The summed E-state index contributed by atoms with van der Waals surface area (Å²) in [6.07, 6.45) is -5.36. The van der Waals surface area contributed by atoms with Gasteiger partial charge in [-0.25, -0.2) is 9.59 Å². The van der Waals surface area contributed by atoms with Crippen LogP contribution in [0.4, 0.5) is 8.78 Å². The number of aliphatic carboxylic acids is 1. The van der Waals surface area contributed by atoms with Crippen LogP contribution < -0.4 is 0 Å². The van der Waals surface area contributed by atoms with E-state index in [-0.39, 0.29) is 5.56 Å². The Labute approximate surface area is 188 Å². The molecule has 0 fully saturated rings. The molecule has 0 heterocycles. The van der Waals surface area contributed by atoms with Crippen molar-refractivity contribution >= 4 is 28.0 Å². The number of esters is 2. The third-order valence-corrected chi connectivity index (χ3v) is 5.58. The van der Waals surface area contributed by atoms with Gasteiger partial charge in [-0.1, -0.05) is 35.9 Å². The lowest BCUT2D eigenvalue weighted by Crippen LogP contribution is -2.53. The molecule has 178 valence electrons. The molecule has 0 aliphatic carbocycles. The maximum Gasteiger partial charge on any atom is 0.381 e. The Kier molecular flexibility index (Phi) is 8.23. The van der Waals surface area contributed by atoms with E-state index in [9.17, 15) is 31.6 Å². The largest absolute Gasteiger partial charge is 0.477 e. The highest BCUT2D eigenvalue weighted by Crippen LogP contribution is 2.29. The van der Waals surface area contributed by atoms with Crippen LogP contribution >= 0.6 is 0 Å². The van der Waals surface area contributed by atoms with E-state index in [1.54, 1.807) is 6.92 Å². The molecule has 2 atom stereocenters. The van der Waals surface area contributed by atoms with Crippen molar-refractivity contribution < 1.29 is 50.3 Å². The van der Waals surface area contributed by atoms with E-state index in [0.717, 1.165) is 19.1 Å². The minimum atomic E-state index is -4.81. The first-order chi connectivity index (χ1) is 15.3. The van der Waals surface area contributed by atoms with Crippen molar-refractivity contribution in [1.29, 1.82) is 0 Å². The summed E-state index contributed by atoms with van der Waals surface area (Å²) < 4.78 is 68.7. The Bertz CT molecular complexity index is 1100. The molecule has 0 saturated heterocycles. The maximum atomic E-state index is 14.6. The van der Waals surface area contributed by atoms with Crippen LogP contribution in [0.25, 0.3) is 0 Å². The molecule has 0 aromatic heterocycles. The number of ether oxygens (including phenoxy) is 2. The molecule has 0 amide bonds. The number of hydrogen-bond donors (Lipinski definition) is 1. The van der Waals surface area contributed by atoms with Crippen LogP contribution in [0, 0.1) is 6.92 Å². The molecule has 0 aliphatic rings. The fraction of sp³-hybridized carbons (Fsp3) is 0.286. The molecule has 0 bridgehead atoms. The normalized spacial score (nSPS) is 13.6. The van der Waals surface area contributed by atoms with Crippen LogP contribution in [0.3, 0.4) is 0 Å². The zero-order chi connectivity index (χ0) is 24.8. The van der Waals surface area contributed by atoms with Crippen molar-refractivity contribution in [1.82, 2.24) is 0 Å². The molecule has 0 spiro atoms. The highest BCUT2D eigenvalue weighted by molar-refractivity contribution is 7.86. The van der Waals surface area contributed by atoms with E-state index in [4.69, 9.17) is 14.0 Å². The van der Waals surface area contributed by atoms with Crippen molar-refractivity contribution in [2.45, 2.75) is 36.9 Å². The average molecular weight is 486 g/mol. The van der Waals surface area contributed by atoms with Gasteiger partial charge in [0, 0.05) is 6.92 Å². The molecule has 33 heavy (non-hydrogen) atoms. The topological polar surface area (TPSA) is 133 Å². The highest BCUT2D eigenvalue weighted by atomic mass is 32.2. The molecule has 1 N–H and O–H groups in total. The Morgan fingerprint density at radius 3 is 2.12 bits per heavy atom. The smallest absolute Gasteiger partial charge is 0.381 e. The van der Waals surface area contributed by atoms with Crippen LogP contribution in [0.1, 0.15) is 22.8 Å². The van der Waals surface area contributed by atoms with Crippen molar-refractivity contribution in [3.8, 4) is 0 Å². The van der Waals surface area contributed by atoms with Crippen molar-refractivity contribution in [3.63, 3.8) is 0 Å². The fourth-order valence-corrected chi connectivity index (χ4v) is 3.61. The molecular weight excluding hydrogens is 466 g/mol. The number of benzene rings is 2. The van der Waals surface area contributed by atoms with Crippen molar-refractivity contribution in [2.24, 2.45) is 0 Å². The lowest BCUT2D eigenvalue weighted by atomic mass is 10.1. The van der Waals surface area contributed by atoms with Gasteiger partial charge in [-0.05, 0) is 31.2 Å². The predicted molar refractivity (Wildman–Crippen MR) is 108 cm³/mol. The summed E-state index contributed by atoms with van der Waals surface area (Å²) in [5, 5.41) is 9.01. The monoisotopic (exact) mass is 486 g/mol. The molecule has 2 rings (SSSR count). The quantitative estimate of drug-likeness (QED) is 0.397. The summed E-state index contributed by atoms with van der Waals surface area (Å²) in [7, 11) is -4.76. The Morgan fingerprint density at radius 1 is 1.03 bits per heavy atom. The van der Waals surface area contributed by atoms with Gasteiger partial charge in [-0.2, -0.15) is 17.2 Å². The van der Waals surface area contributed by atoms with Crippen LogP contribution in [-0.2, 0) is 33.4 Å². The molecule has 0 unspecified atom stereocenters. The first-order valence-corrected chi connectivity index (χ1v) is 10.8. The Morgan fingerprint density at radius 2 is 1.61 bits per heavy atom. The van der Waals surface area contributed by atoms with Crippen LogP contribution in [0.5, 0.6) is 0 Å². The Hall–Kier alpha value is -3.38. The summed E-state index contributed by atoms with van der Waals surface area (Å²) >= 11 is 0. The average Bonchev–Trinajstić information content (AvgIpc) is 2.75. The van der Waals surface area contributed by atoms with Gasteiger partial charge in [0.1, 0.15) is 6.61 Å². The zero-order valence-corrected chi connectivity index (χ0v) is 18.3. The number of carbonyl (C=O) groups excluding carboxylic acids is 2. The van der Waals surface area contributed by atoms with Gasteiger partial charge >= 0.3 is 23.8 Å². The van der Waals surface area contributed by atoms with Crippen LogP contribution in [-0.4, -0.2) is 56.2 Å². The molecule has 0 aliphatic heterocycles. The number of carbonyl (C=O) groups is 3. The van der Waals surface area contributed by atoms with E-state index in [2.05, 4.69) is 4.74 Å². The van der Waals surface area contributed by atoms with Crippen LogP contribution in [0.2, 0.25) is 0 Å². The number of carboxylic acid groups (broad SMARTS) is 1. The summed E-state index contributed by atoms with van der Waals surface area (Å²) in [5.74, 6) is -9.88. The second-order valence-corrected chi connectivity index (χ2v) is 8.40. The fourth-order valence-electron chi connectivity index (χ4n) is 2.55. The number of carboxylic acids is 1. The van der Waals surface area contributed by atoms with Gasteiger partial charge < -0.3 is 14.6 Å². The van der Waals surface area contributed by atoms with Gasteiger partial charge in [-0.3, -0.25) is 8.98 Å². The first-order valence-electron chi connectivity index (χ1n) is 9.35. The molecule has 9 nitrogen and oxygen atoms in total. The van der Waals surface area contributed by atoms with E-state index >= 15 is 0 Å². The maximum absolute atomic E-state index is 14.6. The third kappa shape index (κ3) is 6.80. The van der Waals surface area contributed by atoms with E-state index in [1.807, 2.05) is 0 Å². The van der Waals surface area contributed by atoms with E-state index in [0.29, 0.717) is 5.56 Å². The number of hydrogen-bond acceptors (Lipinski definition) is 8. The molecule has 12 heteroatoms. The van der Waals surface area contributed by atoms with E-state index in [1.165, 1.54) is 42.5 Å². The second kappa shape index (κ2) is 10.5. The standard InChI is InChI=1S/C21H20F2O9S/c1-13-8-10-16(11-9-13)33(28,29)32-17(12-30-14(2)24)18(21(22,23)20(26)27)31-19(25)15-6-4-3-5-7-15/h3-11,17-18H,12H2,1-2H3,(H,26,27)/t17-,18+/m0/s1. The lowest BCUT2D eigenvalue weighted by molar-refractivity contribution is -0.195. The van der Waals surface area contributed by atoms with Crippen LogP contribution in [0.15, 0.2) is 59.5 Å². The Balaban J connectivity index is 2.48. The SMILES string of the molecule is CC(=O)OC[C@H](OS(=O)(=O)c1ccc(C)cc1)[C@@H](OC(=O)c1ccccc1)C(F)(F)C(=O)O. The summed E-state index contributed by atoms with van der Waals surface area (Å²) in [5.41, 5.74) is 0.480. The van der Waals surface area contributed by atoms with Gasteiger partial charge in [0.2, 0.25) is 6.10 Å². The number of alkyl halides is 2. The molecule has 0 radical (unpaired) electrons. The third-order valence-electron chi connectivity index (χ3n) is 4.23. The number of halogens is 2. The predicted octanol–water partition coefficient (Wildman–Crippen LogP) is 2.58. The summed E-state index contributed by atoms with van der Waals surface area (Å²) in [4.78, 5) is 34.4. The van der Waals surface area contributed by atoms with Gasteiger partial charge in [0.15, 0.2) is 6.10 Å². The van der Waals surface area contributed by atoms with Crippen molar-refractivity contribution in [3.05, 3.63) is 65.7 Å². The van der Waals surface area contributed by atoms with Gasteiger partial charge in [0.25, 0.3) is 10.1 Å². The lowest BCUT2D eigenvalue weighted by Gasteiger charge is -2.29. The van der Waals surface area contributed by atoms with E-state index < -0.39 is 57.7 Å². The summed E-state index contributed by atoms with van der Waals surface area (Å²) in [6, 6.07) is 11.8. The number of rotatable bonds is 10. The minimum absolute atomic E-state index is 0.212. The van der Waals surface area contributed by atoms with Gasteiger partial charge in [0.05, 0.1) is 10.5 Å². The summed E-state index contributed by atoms with van der Waals surface area (Å²) in [6.45, 7) is 1.44. The highest BCUT2D eigenvalue weighted by Gasteiger charge is 2.56.